The quantitative estimate of drug-likeness (QED) is 0.703. The highest BCUT2D eigenvalue weighted by Gasteiger charge is 2.28. The van der Waals surface area contributed by atoms with E-state index >= 15 is 0 Å². The van der Waals surface area contributed by atoms with E-state index in [4.69, 9.17) is 9.47 Å². The predicted octanol–water partition coefficient (Wildman–Crippen LogP) is 4.70. The number of nitrogens with one attached hydrogen (secondary N) is 1. The molecule has 0 bridgehead atoms. The molecular weight excluding hydrogens is 434 g/mol. The van der Waals surface area contributed by atoms with Gasteiger partial charge in [0.2, 0.25) is 6.79 Å². The van der Waals surface area contributed by atoms with Crippen LogP contribution in [0.1, 0.15) is 25.3 Å². The molecular formula is C22H26BrN3O3. The highest BCUT2D eigenvalue weighted by atomic mass is 79.9. The molecule has 2 aliphatic heterocycles. The molecule has 2 heterocycles. The van der Waals surface area contributed by atoms with E-state index in [1.807, 2.05) is 47.4 Å². The molecule has 4 rings (SSSR count). The summed E-state index contributed by atoms with van der Waals surface area (Å²) in [5, 5.41) is 3.07. The zero-order valence-corrected chi connectivity index (χ0v) is 18.2. The molecule has 0 atom stereocenters. The average Bonchev–Trinajstić information content (AvgIpc) is 3.20. The molecule has 2 aromatic carbocycles. The Kier molecular flexibility index (Phi) is 6.25. The largest absolute Gasteiger partial charge is 0.454 e. The van der Waals surface area contributed by atoms with E-state index < -0.39 is 0 Å². The van der Waals surface area contributed by atoms with E-state index in [9.17, 15) is 4.79 Å². The Labute approximate surface area is 179 Å². The number of carbonyl (C=O) groups excluding carboxylic acids is 1. The lowest BCUT2D eigenvalue weighted by Gasteiger charge is -2.38. The van der Waals surface area contributed by atoms with Crippen LogP contribution in [0, 0.1) is 0 Å². The minimum absolute atomic E-state index is 0.0734. The van der Waals surface area contributed by atoms with Crippen molar-refractivity contribution in [1.29, 1.82) is 0 Å². The Morgan fingerprint density at radius 2 is 1.97 bits per heavy atom. The minimum Gasteiger partial charge on any atom is -0.454 e. The van der Waals surface area contributed by atoms with Crippen molar-refractivity contribution in [2.75, 3.05) is 31.7 Å². The Hall–Kier alpha value is -2.25. The van der Waals surface area contributed by atoms with Crippen LogP contribution in [0.2, 0.25) is 0 Å². The standard InChI is InChI=1S/C22H26BrN3O3/c1-2-25-10-8-19(9-11-25)26(22(27)24-18-5-3-4-17(23)13-18)14-16-6-7-20-21(12-16)29-15-28-20/h3-7,12-13,19H,2,8-11,14-15H2,1H3,(H,24,27). The van der Waals surface area contributed by atoms with Crippen molar-refractivity contribution in [3.63, 3.8) is 0 Å². The number of fused-ring (bicyclic) bond motifs is 1. The van der Waals surface area contributed by atoms with Gasteiger partial charge in [0, 0.05) is 35.8 Å². The molecule has 2 aromatic rings. The summed E-state index contributed by atoms with van der Waals surface area (Å²) in [5.41, 5.74) is 1.82. The van der Waals surface area contributed by atoms with Crippen LogP contribution in [0.4, 0.5) is 10.5 Å². The van der Waals surface area contributed by atoms with Crippen molar-refractivity contribution in [2.45, 2.75) is 32.4 Å². The van der Waals surface area contributed by atoms with Crippen LogP contribution in [-0.4, -0.2) is 48.3 Å². The summed E-state index contributed by atoms with van der Waals surface area (Å²) in [6.45, 7) is 6.06. The van der Waals surface area contributed by atoms with Crippen molar-refractivity contribution in [3.05, 3.63) is 52.5 Å². The molecule has 0 unspecified atom stereocenters. The van der Waals surface area contributed by atoms with Crippen LogP contribution < -0.4 is 14.8 Å². The summed E-state index contributed by atoms with van der Waals surface area (Å²) in [6.07, 6.45) is 1.95. The van der Waals surface area contributed by atoms with Gasteiger partial charge in [0.25, 0.3) is 0 Å². The van der Waals surface area contributed by atoms with Gasteiger partial charge in [-0.15, -0.1) is 0 Å². The number of carbonyl (C=O) groups is 1. The molecule has 1 fully saturated rings. The number of benzene rings is 2. The van der Waals surface area contributed by atoms with Crippen molar-refractivity contribution in [2.24, 2.45) is 0 Å². The second-order valence-corrected chi connectivity index (χ2v) is 8.34. The molecule has 0 spiro atoms. The number of urea groups is 1. The molecule has 0 saturated carbocycles. The zero-order valence-electron chi connectivity index (χ0n) is 16.6. The summed E-state index contributed by atoms with van der Waals surface area (Å²) in [6, 6.07) is 13.7. The first-order valence-electron chi connectivity index (χ1n) is 10.1. The van der Waals surface area contributed by atoms with Gasteiger partial charge in [-0.1, -0.05) is 35.0 Å². The van der Waals surface area contributed by atoms with E-state index in [0.717, 1.165) is 59.7 Å². The Morgan fingerprint density at radius 3 is 2.72 bits per heavy atom. The summed E-state index contributed by atoms with van der Waals surface area (Å²) in [5.74, 6) is 1.51. The van der Waals surface area contributed by atoms with E-state index in [0.29, 0.717) is 6.54 Å². The monoisotopic (exact) mass is 459 g/mol. The highest BCUT2D eigenvalue weighted by Crippen LogP contribution is 2.33. The van der Waals surface area contributed by atoms with Crippen LogP contribution >= 0.6 is 15.9 Å². The lowest BCUT2D eigenvalue weighted by Crippen LogP contribution is -2.48. The number of anilines is 1. The zero-order chi connectivity index (χ0) is 20.2. The number of halogens is 1. The number of hydrogen-bond donors (Lipinski definition) is 1. The summed E-state index contributed by atoms with van der Waals surface area (Å²) < 4.78 is 11.9. The normalized spacial score (nSPS) is 16.6. The van der Waals surface area contributed by atoms with Crippen molar-refractivity contribution in [3.8, 4) is 11.5 Å². The number of ether oxygens (including phenoxy) is 2. The van der Waals surface area contributed by atoms with Gasteiger partial charge in [-0.3, -0.25) is 0 Å². The molecule has 2 aliphatic rings. The Bertz CT molecular complexity index is 868. The highest BCUT2D eigenvalue weighted by molar-refractivity contribution is 9.10. The van der Waals surface area contributed by atoms with Crippen LogP contribution in [0.5, 0.6) is 11.5 Å². The van der Waals surface area contributed by atoms with Gasteiger partial charge in [0.15, 0.2) is 11.5 Å². The van der Waals surface area contributed by atoms with Crippen LogP contribution in [0.25, 0.3) is 0 Å². The van der Waals surface area contributed by atoms with E-state index in [-0.39, 0.29) is 18.9 Å². The third-order valence-electron chi connectivity index (χ3n) is 5.57. The van der Waals surface area contributed by atoms with Gasteiger partial charge in [-0.2, -0.15) is 0 Å². The number of nitrogens with zero attached hydrogens (tertiary/aromatic N) is 2. The lowest BCUT2D eigenvalue weighted by molar-refractivity contribution is 0.126. The summed E-state index contributed by atoms with van der Waals surface area (Å²) in [4.78, 5) is 17.6. The van der Waals surface area contributed by atoms with Gasteiger partial charge in [-0.05, 0) is 55.3 Å². The molecule has 0 aliphatic carbocycles. The maximum absolute atomic E-state index is 13.2. The number of hydrogen-bond acceptors (Lipinski definition) is 4. The first-order valence-corrected chi connectivity index (χ1v) is 10.9. The first-order chi connectivity index (χ1) is 14.1. The topological polar surface area (TPSA) is 54.0 Å². The second kappa shape index (κ2) is 9.05. The maximum atomic E-state index is 13.2. The van der Waals surface area contributed by atoms with Gasteiger partial charge < -0.3 is 24.6 Å². The average molecular weight is 460 g/mol. The van der Waals surface area contributed by atoms with Crippen molar-refractivity contribution >= 4 is 27.6 Å². The third-order valence-corrected chi connectivity index (χ3v) is 6.06. The second-order valence-electron chi connectivity index (χ2n) is 7.42. The lowest BCUT2D eigenvalue weighted by atomic mass is 10.0. The third kappa shape index (κ3) is 4.85. The number of rotatable bonds is 5. The first kappa shape index (κ1) is 20.0. The molecule has 154 valence electrons. The Morgan fingerprint density at radius 1 is 1.17 bits per heavy atom. The van der Waals surface area contributed by atoms with Gasteiger partial charge in [-0.25, -0.2) is 4.79 Å². The van der Waals surface area contributed by atoms with Crippen LogP contribution in [-0.2, 0) is 6.54 Å². The Balaban J connectivity index is 1.52. The van der Waals surface area contributed by atoms with Crippen molar-refractivity contribution in [1.82, 2.24) is 9.80 Å². The predicted molar refractivity (Wildman–Crippen MR) is 116 cm³/mol. The molecule has 0 aromatic heterocycles. The molecule has 1 N–H and O–H groups in total. The fourth-order valence-corrected chi connectivity index (χ4v) is 4.31. The number of amides is 2. The SMILES string of the molecule is CCN1CCC(N(Cc2ccc3c(c2)OCO3)C(=O)Nc2cccc(Br)c2)CC1. The fraction of sp³-hybridized carbons (Fsp3) is 0.409. The van der Waals surface area contributed by atoms with E-state index in [1.54, 1.807) is 0 Å². The molecule has 6 nitrogen and oxygen atoms in total. The summed E-state index contributed by atoms with van der Waals surface area (Å²) >= 11 is 3.47. The van der Waals surface area contributed by atoms with Gasteiger partial charge >= 0.3 is 6.03 Å². The van der Waals surface area contributed by atoms with Crippen molar-refractivity contribution < 1.29 is 14.3 Å². The van der Waals surface area contributed by atoms with Gasteiger partial charge in [0.1, 0.15) is 0 Å². The minimum atomic E-state index is -0.0734. The van der Waals surface area contributed by atoms with E-state index in [2.05, 4.69) is 33.1 Å². The molecule has 7 heteroatoms. The molecule has 29 heavy (non-hydrogen) atoms. The number of piperidine rings is 1. The smallest absolute Gasteiger partial charge is 0.322 e. The number of likely N-dealkylation sites (tertiary alicyclic amines) is 1. The van der Waals surface area contributed by atoms with E-state index in [1.165, 1.54) is 0 Å². The molecule has 1 saturated heterocycles. The van der Waals surface area contributed by atoms with Crippen LogP contribution in [0.3, 0.4) is 0 Å². The maximum Gasteiger partial charge on any atom is 0.322 e. The summed E-state index contributed by atoms with van der Waals surface area (Å²) in [7, 11) is 0. The fourth-order valence-electron chi connectivity index (χ4n) is 3.91. The molecule has 2 amide bonds. The van der Waals surface area contributed by atoms with Crippen LogP contribution in [0.15, 0.2) is 46.9 Å². The van der Waals surface area contributed by atoms with Gasteiger partial charge in [0.05, 0.1) is 0 Å². The molecule has 0 radical (unpaired) electrons.